The molecule has 2 fully saturated rings. The predicted molar refractivity (Wildman–Crippen MR) is 120 cm³/mol. The zero-order valence-corrected chi connectivity index (χ0v) is 18.4. The van der Waals surface area contributed by atoms with Gasteiger partial charge in [-0.1, -0.05) is 30.3 Å². The molecule has 32 heavy (non-hydrogen) atoms. The van der Waals surface area contributed by atoms with Gasteiger partial charge >= 0.3 is 0 Å². The van der Waals surface area contributed by atoms with Crippen LogP contribution in [0.5, 0.6) is 5.75 Å². The molecule has 0 radical (unpaired) electrons. The summed E-state index contributed by atoms with van der Waals surface area (Å²) in [6.07, 6.45) is 0. The molecule has 0 spiro atoms. The summed E-state index contributed by atoms with van der Waals surface area (Å²) in [6, 6.07) is 11.7. The number of ketones is 1. The highest BCUT2D eigenvalue weighted by atomic mass is 16.5. The summed E-state index contributed by atoms with van der Waals surface area (Å²) < 4.78 is 5.39. The Hall–Kier alpha value is -3.16. The standard InChI is InChI=1S/C25H28N2O5/c1-16-14-19(20(28)15-17(16)2)23(29)21-22(18-6-4-3-5-7-18)27(25(31)24(21)30)9-8-26-10-12-32-13-11-26/h3-7,14-15,22,28-29H,8-13H2,1-2H3/t22-/m1/s1. The van der Waals surface area contributed by atoms with Crippen molar-refractivity contribution in [1.82, 2.24) is 9.80 Å². The number of benzene rings is 2. The number of aryl methyl sites for hydroxylation is 2. The van der Waals surface area contributed by atoms with Gasteiger partial charge in [0.15, 0.2) is 0 Å². The van der Waals surface area contributed by atoms with Crippen LogP contribution < -0.4 is 0 Å². The predicted octanol–water partition coefficient (Wildman–Crippen LogP) is 2.76. The lowest BCUT2D eigenvalue weighted by molar-refractivity contribution is -0.140. The Bertz CT molecular complexity index is 1060. The van der Waals surface area contributed by atoms with E-state index in [0.717, 1.165) is 29.8 Å². The van der Waals surface area contributed by atoms with E-state index >= 15 is 0 Å². The Morgan fingerprint density at radius 1 is 1.03 bits per heavy atom. The molecule has 0 unspecified atom stereocenters. The van der Waals surface area contributed by atoms with Gasteiger partial charge < -0.3 is 19.8 Å². The zero-order chi connectivity index (χ0) is 22.8. The van der Waals surface area contributed by atoms with Gasteiger partial charge in [0.1, 0.15) is 11.5 Å². The molecule has 0 bridgehead atoms. The van der Waals surface area contributed by atoms with Crippen molar-refractivity contribution in [2.75, 3.05) is 39.4 Å². The van der Waals surface area contributed by atoms with Gasteiger partial charge in [0.2, 0.25) is 0 Å². The largest absolute Gasteiger partial charge is 0.507 e. The van der Waals surface area contributed by atoms with Gasteiger partial charge in [0.05, 0.1) is 30.4 Å². The van der Waals surface area contributed by atoms with E-state index in [2.05, 4.69) is 4.90 Å². The molecule has 2 N–H and O–H groups in total. The molecule has 7 heteroatoms. The summed E-state index contributed by atoms with van der Waals surface area (Å²) in [6.45, 7) is 7.51. The third-order valence-electron chi connectivity index (χ3n) is 6.28. The maximum Gasteiger partial charge on any atom is 0.295 e. The van der Waals surface area contributed by atoms with Crippen molar-refractivity contribution in [3.63, 3.8) is 0 Å². The maximum atomic E-state index is 13.1. The Balaban J connectivity index is 1.76. The van der Waals surface area contributed by atoms with Crippen molar-refractivity contribution in [2.45, 2.75) is 19.9 Å². The van der Waals surface area contributed by atoms with Crippen LogP contribution in [0.15, 0.2) is 48.0 Å². The molecule has 1 amide bonds. The number of carbonyl (C=O) groups excluding carboxylic acids is 2. The molecule has 2 aliphatic heterocycles. The number of aliphatic hydroxyl groups is 1. The summed E-state index contributed by atoms with van der Waals surface area (Å²) in [5, 5.41) is 21.6. The smallest absolute Gasteiger partial charge is 0.295 e. The highest BCUT2D eigenvalue weighted by Crippen LogP contribution is 2.41. The van der Waals surface area contributed by atoms with Crippen molar-refractivity contribution in [2.24, 2.45) is 0 Å². The van der Waals surface area contributed by atoms with Crippen LogP contribution in [-0.2, 0) is 14.3 Å². The number of aliphatic hydroxyl groups excluding tert-OH is 1. The second kappa shape index (κ2) is 9.14. The number of morpholine rings is 1. The Kier molecular flexibility index (Phi) is 6.30. The van der Waals surface area contributed by atoms with Gasteiger partial charge in [-0.05, 0) is 42.7 Å². The summed E-state index contributed by atoms with van der Waals surface area (Å²) >= 11 is 0. The third kappa shape index (κ3) is 4.13. The number of aromatic hydroxyl groups is 1. The molecule has 0 aromatic heterocycles. The minimum atomic E-state index is -0.740. The number of rotatable bonds is 5. The van der Waals surface area contributed by atoms with Crippen molar-refractivity contribution < 1.29 is 24.5 Å². The number of ether oxygens (including phenoxy) is 1. The first-order valence-electron chi connectivity index (χ1n) is 10.8. The van der Waals surface area contributed by atoms with E-state index in [9.17, 15) is 19.8 Å². The molecule has 7 nitrogen and oxygen atoms in total. The number of amides is 1. The normalized spacial score (nSPS) is 21.3. The van der Waals surface area contributed by atoms with Crippen molar-refractivity contribution >= 4 is 17.4 Å². The molecule has 2 aromatic rings. The summed E-state index contributed by atoms with van der Waals surface area (Å²) in [5.74, 6) is -1.86. The van der Waals surface area contributed by atoms with E-state index < -0.39 is 17.7 Å². The molecule has 0 aliphatic carbocycles. The van der Waals surface area contributed by atoms with E-state index in [1.165, 1.54) is 4.90 Å². The van der Waals surface area contributed by atoms with Gasteiger partial charge in [-0.25, -0.2) is 0 Å². The van der Waals surface area contributed by atoms with Gasteiger partial charge in [-0.15, -0.1) is 0 Å². The van der Waals surface area contributed by atoms with Crippen LogP contribution in [-0.4, -0.2) is 71.1 Å². The van der Waals surface area contributed by atoms with Crippen LogP contribution in [0.25, 0.3) is 5.76 Å². The molecule has 2 saturated heterocycles. The van der Waals surface area contributed by atoms with Crippen LogP contribution in [0.4, 0.5) is 0 Å². The molecular formula is C25H28N2O5. The van der Waals surface area contributed by atoms with E-state index in [1.807, 2.05) is 44.2 Å². The van der Waals surface area contributed by atoms with E-state index in [4.69, 9.17) is 4.74 Å². The number of phenolic OH excluding ortho intramolecular Hbond substituents is 1. The van der Waals surface area contributed by atoms with Crippen LogP contribution in [0.2, 0.25) is 0 Å². The summed E-state index contributed by atoms with van der Waals surface area (Å²) in [7, 11) is 0. The van der Waals surface area contributed by atoms with Crippen molar-refractivity contribution in [1.29, 1.82) is 0 Å². The van der Waals surface area contributed by atoms with Crippen LogP contribution in [0.1, 0.15) is 28.3 Å². The van der Waals surface area contributed by atoms with Crippen LogP contribution in [0, 0.1) is 13.8 Å². The van der Waals surface area contributed by atoms with E-state index in [1.54, 1.807) is 12.1 Å². The molecule has 4 rings (SSSR count). The molecular weight excluding hydrogens is 408 g/mol. The third-order valence-corrected chi connectivity index (χ3v) is 6.28. The number of likely N-dealkylation sites (tertiary alicyclic amines) is 1. The van der Waals surface area contributed by atoms with Gasteiger partial charge in [0.25, 0.3) is 11.7 Å². The molecule has 0 saturated carbocycles. The average molecular weight is 437 g/mol. The molecule has 2 aromatic carbocycles. The highest BCUT2D eigenvalue weighted by Gasteiger charge is 2.46. The van der Waals surface area contributed by atoms with Crippen LogP contribution >= 0.6 is 0 Å². The summed E-state index contributed by atoms with van der Waals surface area (Å²) in [5.41, 5.74) is 2.62. The maximum absolute atomic E-state index is 13.1. The van der Waals surface area contributed by atoms with Crippen molar-refractivity contribution in [3.05, 3.63) is 70.3 Å². The van der Waals surface area contributed by atoms with Crippen LogP contribution in [0.3, 0.4) is 0 Å². The zero-order valence-electron chi connectivity index (χ0n) is 18.4. The topological polar surface area (TPSA) is 90.3 Å². The number of nitrogens with zero attached hydrogens (tertiary/aromatic N) is 2. The fourth-order valence-electron chi connectivity index (χ4n) is 4.30. The van der Waals surface area contributed by atoms with Gasteiger partial charge in [-0.3, -0.25) is 14.5 Å². The lowest BCUT2D eigenvalue weighted by Gasteiger charge is -2.31. The first-order valence-corrected chi connectivity index (χ1v) is 10.8. The van der Waals surface area contributed by atoms with E-state index in [0.29, 0.717) is 26.3 Å². The number of phenols is 1. The number of Topliss-reactive ketones (excluding diaryl/α,β-unsaturated/α-hetero) is 1. The second-order valence-corrected chi connectivity index (χ2v) is 8.31. The molecule has 1 atom stereocenters. The highest BCUT2D eigenvalue weighted by molar-refractivity contribution is 6.46. The fraction of sp³-hybridized carbons (Fsp3) is 0.360. The average Bonchev–Trinajstić information content (AvgIpc) is 3.05. The molecule has 168 valence electrons. The monoisotopic (exact) mass is 436 g/mol. The minimum absolute atomic E-state index is 0.00160. The van der Waals surface area contributed by atoms with Gasteiger partial charge in [0, 0.05) is 26.2 Å². The Morgan fingerprint density at radius 2 is 1.69 bits per heavy atom. The quantitative estimate of drug-likeness (QED) is 0.426. The SMILES string of the molecule is Cc1cc(O)c(C(O)=C2C(=O)C(=O)N(CCN3CCOCC3)[C@@H]2c2ccccc2)cc1C. The number of hydrogen-bond acceptors (Lipinski definition) is 6. The lowest BCUT2D eigenvalue weighted by atomic mass is 9.94. The van der Waals surface area contributed by atoms with E-state index in [-0.39, 0.29) is 22.6 Å². The fourth-order valence-corrected chi connectivity index (χ4v) is 4.30. The first kappa shape index (κ1) is 22.0. The molecule has 2 aliphatic rings. The number of hydrogen-bond donors (Lipinski definition) is 2. The Labute approximate surface area is 187 Å². The van der Waals surface area contributed by atoms with Gasteiger partial charge in [-0.2, -0.15) is 0 Å². The molecule has 2 heterocycles. The first-order chi connectivity index (χ1) is 15.4. The minimum Gasteiger partial charge on any atom is -0.507 e. The Morgan fingerprint density at radius 3 is 2.38 bits per heavy atom. The second-order valence-electron chi connectivity index (χ2n) is 8.31. The summed E-state index contributed by atoms with van der Waals surface area (Å²) in [4.78, 5) is 29.9. The number of carbonyl (C=O) groups is 2. The van der Waals surface area contributed by atoms with Crippen molar-refractivity contribution in [3.8, 4) is 5.75 Å². The lowest BCUT2D eigenvalue weighted by Crippen LogP contribution is -2.42.